The second-order valence-corrected chi connectivity index (χ2v) is 9.77. The molecule has 188 valence electrons. The van der Waals surface area contributed by atoms with Gasteiger partial charge in [-0.05, 0) is 45.5 Å². The molecule has 0 unspecified atom stereocenters. The van der Waals surface area contributed by atoms with Gasteiger partial charge in [0.1, 0.15) is 0 Å². The van der Waals surface area contributed by atoms with Gasteiger partial charge in [-0.1, -0.05) is 44.2 Å². The van der Waals surface area contributed by atoms with Crippen molar-refractivity contribution < 1.29 is 33.0 Å². The number of rotatable bonds is 12. The monoisotopic (exact) mass is 487 g/mol. The quantitative estimate of drug-likeness (QED) is 0.299. The van der Waals surface area contributed by atoms with E-state index in [4.69, 9.17) is 19.8 Å². The number of hydrogen-bond acceptors (Lipinski definition) is 6. The zero-order valence-electron chi connectivity index (χ0n) is 19.9. The summed E-state index contributed by atoms with van der Waals surface area (Å²) in [6, 6.07) is 8.88. The van der Waals surface area contributed by atoms with Gasteiger partial charge in [0, 0.05) is 19.1 Å². The molecular weight excluding hydrogens is 450 g/mol. The van der Waals surface area contributed by atoms with E-state index in [-0.39, 0.29) is 30.1 Å². The molecule has 0 fully saturated rings. The summed E-state index contributed by atoms with van der Waals surface area (Å²) < 4.78 is 24.8. The van der Waals surface area contributed by atoms with Crippen molar-refractivity contribution in [3.8, 4) is 0 Å². The highest BCUT2D eigenvalue weighted by atomic mass is 32.2. The van der Waals surface area contributed by atoms with Gasteiger partial charge in [0.05, 0.1) is 11.5 Å². The predicted molar refractivity (Wildman–Crippen MR) is 127 cm³/mol. The Morgan fingerprint density at radius 2 is 1.52 bits per heavy atom. The summed E-state index contributed by atoms with van der Waals surface area (Å²) in [4.78, 5) is 34.6. The largest absolute Gasteiger partial charge is 0.473 e. The minimum absolute atomic E-state index is 0.00522. The van der Waals surface area contributed by atoms with Crippen LogP contribution < -0.4 is 5.32 Å². The Hall–Kier alpha value is -2.66. The summed E-state index contributed by atoms with van der Waals surface area (Å²) in [6.45, 7) is 11.8. The molecule has 0 bridgehead atoms. The van der Waals surface area contributed by atoms with Gasteiger partial charge in [-0.3, -0.25) is 0 Å². The number of hydrogen-bond donors (Lipinski definition) is 3. The fraction of sp³-hybridized carbons (Fsp3) is 0.591. The lowest BCUT2D eigenvalue weighted by molar-refractivity contribution is -0.159. The molecule has 1 aromatic carbocycles. The number of carbonyl (C=O) groups excluding carboxylic acids is 1. The van der Waals surface area contributed by atoms with Crippen molar-refractivity contribution in [3.05, 3.63) is 35.9 Å². The molecular formula is C22H37N3O7S. The number of sulfone groups is 1. The van der Waals surface area contributed by atoms with Gasteiger partial charge in [-0.25, -0.2) is 22.8 Å². The molecule has 10 nitrogen and oxygen atoms in total. The van der Waals surface area contributed by atoms with Crippen molar-refractivity contribution >= 4 is 27.8 Å². The minimum Gasteiger partial charge on any atom is -0.473 e. The summed E-state index contributed by atoms with van der Waals surface area (Å²) >= 11 is 0. The molecule has 0 atom stereocenters. The Labute approximate surface area is 196 Å². The van der Waals surface area contributed by atoms with Gasteiger partial charge in [0.25, 0.3) is 0 Å². The third-order valence-corrected chi connectivity index (χ3v) is 6.34. The molecule has 0 saturated carbocycles. The van der Waals surface area contributed by atoms with Crippen LogP contribution in [0.25, 0.3) is 0 Å². The first-order valence-corrected chi connectivity index (χ1v) is 12.7. The van der Waals surface area contributed by atoms with Gasteiger partial charge in [0.2, 0.25) is 0 Å². The van der Waals surface area contributed by atoms with Gasteiger partial charge in [-0.15, -0.1) is 0 Å². The molecule has 3 N–H and O–H groups in total. The predicted octanol–water partition coefficient (Wildman–Crippen LogP) is 1.91. The Morgan fingerprint density at radius 3 is 1.97 bits per heavy atom. The van der Waals surface area contributed by atoms with E-state index < -0.39 is 21.8 Å². The van der Waals surface area contributed by atoms with Gasteiger partial charge >= 0.3 is 18.0 Å². The van der Waals surface area contributed by atoms with E-state index in [0.29, 0.717) is 6.54 Å². The number of urea groups is 1. The van der Waals surface area contributed by atoms with E-state index in [1.165, 1.54) is 0 Å². The first-order valence-electron chi connectivity index (χ1n) is 10.9. The molecule has 0 radical (unpaired) electrons. The number of carboxylic acid groups (broad SMARTS) is 2. The van der Waals surface area contributed by atoms with E-state index in [0.717, 1.165) is 31.6 Å². The minimum atomic E-state index is -3.27. The smallest absolute Gasteiger partial charge is 0.414 e. The Morgan fingerprint density at radius 1 is 0.970 bits per heavy atom. The molecule has 0 aliphatic rings. The van der Waals surface area contributed by atoms with E-state index in [1.54, 1.807) is 17.0 Å². The van der Waals surface area contributed by atoms with E-state index in [2.05, 4.69) is 24.1 Å². The highest BCUT2D eigenvalue weighted by Gasteiger charge is 2.20. The summed E-state index contributed by atoms with van der Waals surface area (Å²) in [5.74, 6) is -3.68. The van der Waals surface area contributed by atoms with Crippen LogP contribution in [0.1, 0.15) is 39.7 Å². The number of carboxylic acids is 2. The fourth-order valence-corrected chi connectivity index (χ4v) is 4.19. The number of amides is 2. The van der Waals surface area contributed by atoms with E-state index in [9.17, 15) is 13.2 Å². The number of benzene rings is 1. The van der Waals surface area contributed by atoms with Crippen LogP contribution >= 0.6 is 0 Å². The lowest BCUT2D eigenvalue weighted by atomic mass is 10.2. The maximum absolute atomic E-state index is 12.5. The average Bonchev–Trinajstić information content (AvgIpc) is 2.74. The molecule has 0 saturated heterocycles. The van der Waals surface area contributed by atoms with Crippen LogP contribution in [-0.2, 0) is 25.2 Å². The highest BCUT2D eigenvalue weighted by Crippen LogP contribution is 2.08. The first kappa shape index (κ1) is 30.3. The third kappa shape index (κ3) is 14.2. The molecule has 0 aliphatic heterocycles. The molecule has 0 aliphatic carbocycles. The Kier molecular flexibility index (Phi) is 14.7. The molecule has 1 rings (SSSR count). The van der Waals surface area contributed by atoms with Crippen LogP contribution in [0.4, 0.5) is 4.79 Å². The maximum Gasteiger partial charge on any atom is 0.414 e. The summed E-state index contributed by atoms with van der Waals surface area (Å²) in [5, 5.41) is 17.7. The van der Waals surface area contributed by atoms with Crippen molar-refractivity contribution in [3.63, 3.8) is 0 Å². The van der Waals surface area contributed by atoms with Crippen molar-refractivity contribution in [1.82, 2.24) is 15.1 Å². The van der Waals surface area contributed by atoms with E-state index >= 15 is 0 Å². The van der Waals surface area contributed by atoms with Crippen LogP contribution in [0.2, 0.25) is 0 Å². The average molecular weight is 488 g/mol. The molecule has 11 heteroatoms. The molecule has 0 spiro atoms. The van der Waals surface area contributed by atoms with E-state index in [1.807, 2.05) is 32.0 Å². The van der Waals surface area contributed by atoms with Crippen molar-refractivity contribution in [1.29, 1.82) is 0 Å². The van der Waals surface area contributed by atoms with Crippen molar-refractivity contribution in [2.75, 3.05) is 38.5 Å². The van der Waals surface area contributed by atoms with Crippen LogP contribution in [-0.4, -0.2) is 90.9 Å². The number of carbonyl (C=O) groups is 3. The van der Waals surface area contributed by atoms with Crippen LogP contribution in [0.5, 0.6) is 0 Å². The molecule has 1 aromatic rings. The van der Waals surface area contributed by atoms with Crippen LogP contribution in [0.3, 0.4) is 0 Å². The maximum atomic E-state index is 12.5. The topological polar surface area (TPSA) is 144 Å². The Bertz CT molecular complexity index is 814. The number of aliphatic carboxylic acids is 2. The highest BCUT2D eigenvalue weighted by molar-refractivity contribution is 7.90. The fourth-order valence-electron chi connectivity index (χ4n) is 2.87. The standard InChI is InChI=1S/C20H35N3O3S.C2H2O4/c1-5-22(6-2)14-10-13-21-20(24)23(18(3)4)15-16-27(25,26)17-19-11-8-7-9-12-19;3-1(4)2(5)6/h7-9,11-12,18H,5-6,10,13-17H2,1-4H3,(H,21,24);(H,3,4)(H,5,6). The van der Waals surface area contributed by atoms with Gasteiger partial charge in [-0.2, -0.15) is 0 Å². The zero-order chi connectivity index (χ0) is 25.4. The van der Waals surface area contributed by atoms with Gasteiger partial charge in [0.15, 0.2) is 9.84 Å². The van der Waals surface area contributed by atoms with Crippen LogP contribution in [0, 0.1) is 0 Å². The SMILES string of the molecule is CCN(CC)CCCNC(=O)N(CCS(=O)(=O)Cc1ccccc1)C(C)C.O=C(O)C(=O)O. The molecule has 2 amide bonds. The van der Waals surface area contributed by atoms with Gasteiger partial charge < -0.3 is 25.3 Å². The lowest BCUT2D eigenvalue weighted by Crippen LogP contribution is -2.46. The first-order chi connectivity index (χ1) is 15.4. The van der Waals surface area contributed by atoms with Crippen molar-refractivity contribution in [2.45, 2.75) is 45.9 Å². The molecule has 33 heavy (non-hydrogen) atoms. The molecule has 0 heterocycles. The molecule has 0 aromatic heterocycles. The normalized spacial score (nSPS) is 11.0. The second-order valence-electron chi connectivity index (χ2n) is 7.59. The third-order valence-electron chi connectivity index (χ3n) is 4.76. The summed E-state index contributed by atoms with van der Waals surface area (Å²) in [5.41, 5.74) is 0.773. The number of nitrogens with one attached hydrogen (secondary N) is 1. The number of nitrogens with zero attached hydrogens (tertiary/aromatic N) is 2. The van der Waals surface area contributed by atoms with Crippen LogP contribution in [0.15, 0.2) is 30.3 Å². The summed E-state index contributed by atoms with van der Waals surface area (Å²) in [7, 11) is -3.27. The second kappa shape index (κ2) is 16.0. The summed E-state index contributed by atoms with van der Waals surface area (Å²) in [6.07, 6.45) is 0.881. The lowest BCUT2D eigenvalue weighted by Gasteiger charge is -2.27. The zero-order valence-corrected chi connectivity index (χ0v) is 20.7. The Balaban J connectivity index is 0.00000150. The van der Waals surface area contributed by atoms with Crippen molar-refractivity contribution in [2.24, 2.45) is 0 Å².